The maximum atomic E-state index is 13.2. The Hall–Kier alpha value is -3.22. The molecule has 45 heavy (non-hydrogen) atoms. The number of likely N-dealkylation sites (N-methyl/N-ethyl adjacent to an activating group) is 1. The van der Waals surface area contributed by atoms with Crippen LogP contribution in [0.4, 0.5) is 17.1 Å². The van der Waals surface area contributed by atoms with Crippen LogP contribution in [-0.4, -0.2) is 38.2 Å². The SMILES string of the molecule is CCCCCCCCCCCCOC(=O)C(C)(CC)CC(C)(C)C(=O)OCCN(CC)c1ccc(N=Nc2ccccc2)cc1. The van der Waals surface area contributed by atoms with Crippen LogP contribution in [0.1, 0.15) is 119 Å². The predicted octanol–water partition coefficient (Wildman–Crippen LogP) is 10.8. The van der Waals surface area contributed by atoms with Gasteiger partial charge in [0.15, 0.2) is 0 Å². The number of esters is 2. The minimum Gasteiger partial charge on any atom is -0.465 e. The minimum atomic E-state index is -0.816. The third-order valence-electron chi connectivity index (χ3n) is 8.62. The van der Waals surface area contributed by atoms with Gasteiger partial charge in [0.25, 0.3) is 0 Å². The van der Waals surface area contributed by atoms with Crippen LogP contribution in [0.15, 0.2) is 64.8 Å². The van der Waals surface area contributed by atoms with E-state index in [0.29, 0.717) is 26.0 Å². The molecule has 0 saturated heterocycles. The maximum absolute atomic E-state index is 13.2. The molecule has 0 amide bonds. The van der Waals surface area contributed by atoms with Crippen molar-refractivity contribution < 1.29 is 19.1 Å². The first-order chi connectivity index (χ1) is 21.6. The van der Waals surface area contributed by atoms with Crippen molar-refractivity contribution in [3.05, 3.63) is 54.6 Å². The Morgan fingerprint density at radius 1 is 0.667 bits per heavy atom. The molecular formula is C38H59N3O4. The van der Waals surface area contributed by atoms with Gasteiger partial charge in [-0.2, -0.15) is 10.2 Å². The zero-order valence-corrected chi connectivity index (χ0v) is 29.0. The molecule has 0 radical (unpaired) electrons. The molecule has 0 fully saturated rings. The number of benzene rings is 2. The normalized spacial score (nSPS) is 13.0. The number of azo groups is 1. The number of unbranched alkanes of at least 4 members (excludes halogenated alkanes) is 9. The van der Waals surface area contributed by atoms with Crippen molar-refractivity contribution in [1.82, 2.24) is 0 Å². The lowest BCUT2D eigenvalue weighted by atomic mass is 9.72. The molecule has 0 heterocycles. The van der Waals surface area contributed by atoms with E-state index in [1.165, 1.54) is 51.4 Å². The molecule has 0 aliphatic rings. The first-order valence-electron chi connectivity index (χ1n) is 17.3. The van der Waals surface area contributed by atoms with E-state index in [4.69, 9.17) is 9.47 Å². The molecule has 1 unspecified atom stereocenters. The van der Waals surface area contributed by atoms with E-state index in [1.54, 1.807) is 0 Å². The Balaban J connectivity index is 1.75. The average Bonchev–Trinajstić information content (AvgIpc) is 3.05. The van der Waals surface area contributed by atoms with Gasteiger partial charge in [-0.3, -0.25) is 9.59 Å². The molecule has 7 heteroatoms. The Labute approximate surface area is 273 Å². The van der Waals surface area contributed by atoms with Gasteiger partial charge in [0.1, 0.15) is 6.61 Å². The monoisotopic (exact) mass is 621 g/mol. The predicted molar refractivity (Wildman–Crippen MR) is 186 cm³/mol. The van der Waals surface area contributed by atoms with Crippen LogP contribution in [0, 0.1) is 10.8 Å². The lowest BCUT2D eigenvalue weighted by Crippen LogP contribution is -2.39. The molecule has 0 aliphatic carbocycles. The Morgan fingerprint density at radius 2 is 1.20 bits per heavy atom. The van der Waals surface area contributed by atoms with E-state index in [9.17, 15) is 9.59 Å². The number of rotatable bonds is 23. The third-order valence-corrected chi connectivity index (χ3v) is 8.62. The lowest BCUT2D eigenvalue weighted by Gasteiger charge is -2.34. The second kappa shape index (κ2) is 20.7. The van der Waals surface area contributed by atoms with E-state index in [2.05, 4.69) is 29.0 Å². The van der Waals surface area contributed by atoms with E-state index < -0.39 is 10.8 Å². The molecule has 7 nitrogen and oxygen atoms in total. The summed E-state index contributed by atoms with van der Waals surface area (Å²) in [6, 6.07) is 17.5. The van der Waals surface area contributed by atoms with Crippen LogP contribution in [0.2, 0.25) is 0 Å². The van der Waals surface area contributed by atoms with Crippen molar-refractivity contribution in [2.24, 2.45) is 21.1 Å². The van der Waals surface area contributed by atoms with E-state index in [1.807, 2.05) is 82.3 Å². The molecule has 2 rings (SSSR count). The van der Waals surface area contributed by atoms with Crippen LogP contribution < -0.4 is 4.90 Å². The standard InChI is InChI=1S/C38H59N3O4/c1-7-10-11-12-13-14-15-16-17-21-29-44-36(43)38(6,8-2)31-37(4,5)35(42)45-30-28-41(9-3)34-26-24-33(25-27-34)40-39-32-22-19-18-20-23-32/h18-20,22-27H,7-17,21,28-31H2,1-6H3. The van der Waals surface area contributed by atoms with Crippen LogP contribution in [-0.2, 0) is 19.1 Å². The Bertz CT molecular complexity index is 1130. The topological polar surface area (TPSA) is 80.6 Å². The third kappa shape index (κ3) is 14.2. The largest absolute Gasteiger partial charge is 0.465 e. The number of carbonyl (C=O) groups is 2. The van der Waals surface area contributed by atoms with Crippen molar-refractivity contribution in [3.63, 3.8) is 0 Å². The van der Waals surface area contributed by atoms with Crippen LogP contribution in [0.3, 0.4) is 0 Å². The van der Waals surface area contributed by atoms with Gasteiger partial charge in [0, 0.05) is 12.2 Å². The number of nitrogens with zero attached hydrogens (tertiary/aromatic N) is 3. The summed E-state index contributed by atoms with van der Waals surface area (Å²) in [7, 11) is 0. The summed E-state index contributed by atoms with van der Waals surface area (Å²) in [5, 5.41) is 8.58. The Kier molecular flexibility index (Phi) is 17.5. The fraction of sp³-hybridized carbons (Fsp3) is 0.632. The van der Waals surface area contributed by atoms with E-state index in [0.717, 1.165) is 36.4 Å². The van der Waals surface area contributed by atoms with Gasteiger partial charge in [-0.1, -0.05) is 89.8 Å². The zero-order valence-electron chi connectivity index (χ0n) is 29.0. The average molecular weight is 622 g/mol. The summed E-state index contributed by atoms with van der Waals surface area (Å²) in [4.78, 5) is 28.4. The summed E-state index contributed by atoms with van der Waals surface area (Å²) in [6.45, 7) is 14.0. The number of carbonyl (C=O) groups excluding carboxylic acids is 2. The summed E-state index contributed by atoms with van der Waals surface area (Å²) in [5.41, 5.74) is 1.05. The lowest BCUT2D eigenvalue weighted by molar-refractivity contribution is -0.163. The molecule has 0 saturated carbocycles. The van der Waals surface area contributed by atoms with E-state index in [-0.39, 0.29) is 18.5 Å². The Morgan fingerprint density at radius 3 is 1.76 bits per heavy atom. The number of anilines is 1. The highest BCUT2D eigenvalue weighted by Gasteiger charge is 2.42. The van der Waals surface area contributed by atoms with Gasteiger partial charge < -0.3 is 14.4 Å². The zero-order chi connectivity index (χ0) is 33.0. The quantitative estimate of drug-likeness (QED) is 0.0700. The molecule has 0 N–H and O–H groups in total. The highest BCUT2D eigenvalue weighted by Crippen LogP contribution is 2.38. The molecule has 2 aromatic rings. The molecule has 0 aromatic heterocycles. The van der Waals surface area contributed by atoms with Crippen LogP contribution in [0.5, 0.6) is 0 Å². The van der Waals surface area contributed by atoms with Crippen molar-refractivity contribution in [3.8, 4) is 0 Å². The highest BCUT2D eigenvalue weighted by molar-refractivity contribution is 5.80. The van der Waals surface area contributed by atoms with Gasteiger partial charge >= 0.3 is 11.9 Å². The van der Waals surface area contributed by atoms with Crippen molar-refractivity contribution in [2.45, 2.75) is 119 Å². The van der Waals surface area contributed by atoms with E-state index >= 15 is 0 Å². The molecule has 1 atom stereocenters. The van der Waals surface area contributed by atoms with Gasteiger partial charge in [-0.15, -0.1) is 0 Å². The first kappa shape index (κ1) is 38.0. The fourth-order valence-electron chi connectivity index (χ4n) is 5.57. The first-order valence-corrected chi connectivity index (χ1v) is 17.3. The molecule has 0 bridgehead atoms. The number of ether oxygens (including phenoxy) is 2. The highest BCUT2D eigenvalue weighted by atomic mass is 16.5. The fourth-order valence-corrected chi connectivity index (χ4v) is 5.57. The summed E-state index contributed by atoms with van der Waals surface area (Å²) >= 11 is 0. The number of hydrogen-bond acceptors (Lipinski definition) is 7. The van der Waals surface area contributed by atoms with Crippen LogP contribution in [0.25, 0.3) is 0 Å². The second-order valence-electron chi connectivity index (χ2n) is 13.1. The maximum Gasteiger partial charge on any atom is 0.311 e. The smallest absolute Gasteiger partial charge is 0.311 e. The molecule has 0 spiro atoms. The molecule has 2 aromatic carbocycles. The van der Waals surface area contributed by atoms with Crippen molar-refractivity contribution >= 4 is 29.0 Å². The van der Waals surface area contributed by atoms with Gasteiger partial charge in [-0.25, -0.2) is 0 Å². The van der Waals surface area contributed by atoms with Crippen molar-refractivity contribution in [2.75, 3.05) is 31.2 Å². The number of hydrogen-bond donors (Lipinski definition) is 0. The summed E-state index contributed by atoms with van der Waals surface area (Å²) in [6.07, 6.45) is 13.4. The van der Waals surface area contributed by atoms with Gasteiger partial charge in [0.2, 0.25) is 0 Å². The van der Waals surface area contributed by atoms with Gasteiger partial charge in [0.05, 0.1) is 35.4 Å². The van der Waals surface area contributed by atoms with Crippen molar-refractivity contribution in [1.29, 1.82) is 0 Å². The molecule has 250 valence electrons. The minimum absolute atomic E-state index is 0.217. The second-order valence-corrected chi connectivity index (χ2v) is 13.1. The summed E-state index contributed by atoms with van der Waals surface area (Å²) < 4.78 is 11.5. The molecular weight excluding hydrogens is 562 g/mol. The van der Waals surface area contributed by atoms with Crippen LogP contribution >= 0.6 is 0 Å². The summed E-state index contributed by atoms with van der Waals surface area (Å²) in [5.74, 6) is -0.511. The molecule has 0 aliphatic heterocycles. The van der Waals surface area contributed by atoms with Gasteiger partial charge in [-0.05, 0) is 83.4 Å².